The molecule has 0 saturated carbocycles. The SMILES string of the molecule is COc1cc(NC(=O)c2ccccc2)c(OC)cc1NC(=O)/C=C/c1ccccc1C. The first kappa shape index (κ1) is 21.6. The lowest BCUT2D eigenvalue weighted by Gasteiger charge is -2.16. The molecule has 0 spiro atoms. The van der Waals surface area contributed by atoms with Gasteiger partial charge in [-0.15, -0.1) is 0 Å². The highest BCUT2D eigenvalue weighted by atomic mass is 16.5. The van der Waals surface area contributed by atoms with E-state index in [1.807, 2.05) is 37.3 Å². The second-order valence-corrected chi connectivity index (χ2v) is 6.75. The van der Waals surface area contributed by atoms with E-state index < -0.39 is 0 Å². The Labute approximate surface area is 181 Å². The van der Waals surface area contributed by atoms with Crippen molar-refractivity contribution in [3.05, 3.63) is 89.5 Å². The number of methoxy groups -OCH3 is 2. The normalized spacial score (nSPS) is 10.5. The lowest BCUT2D eigenvalue weighted by atomic mass is 10.1. The molecule has 2 amide bonds. The van der Waals surface area contributed by atoms with Gasteiger partial charge in [-0.3, -0.25) is 9.59 Å². The van der Waals surface area contributed by atoms with Gasteiger partial charge in [-0.2, -0.15) is 0 Å². The van der Waals surface area contributed by atoms with Crippen molar-refractivity contribution in [1.82, 2.24) is 0 Å². The minimum absolute atomic E-state index is 0.279. The molecule has 6 nitrogen and oxygen atoms in total. The highest BCUT2D eigenvalue weighted by Crippen LogP contribution is 2.36. The minimum Gasteiger partial charge on any atom is -0.494 e. The summed E-state index contributed by atoms with van der Waals surface area (Å²) in [7, 11) is 2.98. The summed E-state index contributed by atoms with van der Waals surface area (Å²) in [5.74, 6) is 0.189. The van der Waals surface area contributed by atoms with Crippen molar-refractivity contribution < 1.29 is 19.1 Å². The molecule has 3 aromatic carbocycles. The van der Waals surface area contributed by atoms with Crippen LogP contribution in [-0.4, -0.2) is 26.0 Å². The standard InChI is InChI=1S/C25H24N2O4/c1-17-9-7-8-10-18(17)13-14-24(28)26-20-15-23(31-3)21(16-22(20)30-2)27-25(29)19-11-5-4-6-12-19/h4-16H,1-3H3,(H,26,28)(H,27,29)/b14-13+. The van der Waals surface area contributed by atoms with Crippen LogP contribution in [0.1, 0.15) is 21.5 Å². The summed E-state index contributed by atoms with van der Waals surface area (Å²) in [4.78, 5) is 25.0. The van der Waals surface area contributed by atoms with E-state index in [9.17, 15) is 9.59 Å². The number of anilines is 2. The molecule has 0 radical (unpaired) electrons. The topological polar surface area (TPSA) is 76.7 Å². The quantitative estimate of drug-likeness (QED) is 0.536. The summed E-state index contributed by atoms with van der Waals surface area (Å²) in [5, 5.41) is 5.61. The number of carbonyl (C=O) groups excluding carboxylic acids is 2. The Morgan fingerprint density at radius 1 is 0.806 bits per heavy atom. The maximum Gasteiger partial charge on any atom is 0.255 e. The first-order valence-electron chi connectivity index (χ1n) is 9.69. The average Bonchev–Trinajstić information content (AvgIpc) is 2.79. The van der Waals surface area contributed by atoms with E-state index in [2.05, 4.69) is 10.6 Å². The zero-order chi connectivity index (χ0) is 22.2. The van der Waals surface area contributed by atoms with E-state index in [0.717, 1.165) is 11.1 Å². The van der Waals surface area contributed by atoms with Crippen molar-refractivity contribution in [3.63, 3.8) is 0 Å². The molecule has 3 rings (SSSR count). The summed E-state index contributed by atoms with van der Waals surface area (Å²) in [6.45, 7) is 1.98. The molecule has 31 heavy (non-hydrogen) atoms. The average molecular weight is 416 g/mol. The molecule has 0 atom stereocenters. The number of carbonyl (C=O) groups is 2. The fourth-order valence-corrected chi connectivity index (χ4v) is 2.99. The Morgan fingerprint density at radius 3 is 2.00 bits per heavy atom. The predicted molar refractivity (Wildman–Crippen MR) is 123 cm³/mol. The van der Waals surface area contributed by atoms with Gasteiger partial charge in [0.25, 0.3) is 5.91 Å². The summed E-state index contributed by atoms with van der Waals surface area (Å²) in [6.07, 6.45) is 3.21. The Balaban J connectivity index is 1.80. The zero-order valence-electron chi connectivity index (χ0n) is 17.6. The molecule has 0 aliphatic carbocycles. The molecule has 0 heterocycles. The van der Waals surface area contributed by atoms with Crippen molar-refractivity contribution in [2.24, 2.45) is 0 Å². The number of amides is 2. The molecule has 6 heteroatoms. The van der Waals surface area contributed by atoms with Gasteiger partial charge in [0.1, 0.15) is 11.5 Å². The molecular formula is C25H24N2O4. The molecule has 0 aromatic heterocycles. The molecule has 0 aliphatic heterocycles. The van der Waals surface area contributed by atoms with Crippen LogP contribution < -0.4 is 20.1 Å². The van der Waals surface area contributed by atoms with Crippen LogP contribution in [0.5, 0.6) is 11.5 Å². The van der Waals surface area contributed by atoms with Gasteiger partial charge < -0.3 is 20.1 Å². The third kappa shape index (κ3) is 5.51. The molecule has 0 unspecified atom stereocenters. The van der Waals surface area contributed by atoms with Crippen LogP contribution in [0.15, 0.2) is 72.8 Å². The Morgan fingerprint density at radius 2 is 1.39 bits per heavy atom. The van der Waals surface area contributed by atoms with Gasteiger partial charge in [0.15, 0.2) is 0 Å². The Hall–Kier alpha value is -4.06. The Kier molecular flexibility index (Phi) is 7.06. The summed E-state index contributed by atoms with van der Waals surface area (Å²) in [5.41, 5.74) is 3.41. The number of nitrogens with one attached hydrogen (secondary N) is 2. The second kappa shape index (κ2) is 10.1. The van der Waals surface area contributed by atoms with E-state index in [1.165, 1.54) is 20.3 Å². The largest absolute Gasteiger partial charge is 0.494 e. The van der Waals surface area contributed by atoms with Gasteiger partial charge in [0, 0.05) is 23.8 Å². The van der Waals surface area contributed by atoms with Crippen molar-refractivity contribution >= 4 is 29.3 Å². The third-order valence-electron chi connectivity index (χ3n) is 4.67. The second-order valence-electron chi connectivity index (χ2n) is 6.75. The van der Waals surface area contributed by atoms with Crippen LogP contribution in [-0.2, 0) is 4.79 Å². The molecule has 0 saturated heterocycles. The molecule has 0 fully saturated rings. The first-order valence-corrected chi connectivity index (χ1v) is 9.69. The van der Waals surface area contributed by atoms with E-state index >= 15 is 0 Å². The lowest BCUT2D eigenvalue weighted by molar-refractivity contribution is -0.111. The van der Waals surface area contributed by atoms with Crippen molar-refractivity contribution in [2.45, 2.75) is 6.92 Å². The molecule has 3 aromatic rings. The van der Waals surface area contributed by atoms with Crippen molar-refractivity contribution in [2.75, 3.05) is 24.9 Å². The van der Waals surface area contributed by atoms with E-state index in [0.29, 0.717) is 28.4 Å². The van der Waals surface area contributed by atoms with Crippen LogP contribution in [0.25, 0.3) is 6.08 Å². The number of aryl methyl sites for hydroxylation is 1. The van der Waals surface area contributed by atoms with Gasteiger partial charge in [-0.05, 0) is 36.3 Å². The number of benzene rings is 3. The van der Waals surface area contributed by atoms with Gasteiger partial charge in [0.05, 0.1) is 25.6 Å². The molecule has 0 bridgehead atoms. The fourth-order valence-electron chi connectivity index (χ4n) is 2.99. The predicted octanol–water partition coefficient (Wildman–Crippen LogP) is 4.92. The maximum atomic E-state index is 12.5. The molecule has 0 aliphatic rings. The smallest absolute Gasteiger partial charge is 0.255 e. The van der Waals surface area contributed by atoms with E-state index in [-0.39, 0.29) is 11.8 Å². The van der Waals surface area contributed by atoms with Gasteiger partial charge in [-0.1, -0.05) is 42.5 Å². The third-order valence-corrected chi connectivity index (χ3v) is 4.67. The molecular weight excluding hydrogens is 392 g/mol. The van der Waals surface area contributed by atoms with E-state index in [4.69, 9.17) is 9.47 Å². The van der Waals surface area contributed by atoms with Crippen LogP contribution >= 0.6 is 0 Å². The van der Waals surface area contributed by atoms with Crippen LogP contribution in [0.3, 0.4) is 0 Å². The minimum atomic E-state index is -0.315. The van der Waals surface area contributed by atoms with Crippen molar-refractivity contribution in [1.29, 1.82) is 0 Å². The number of hydrogen-bond acceptors (Lipinski definition) is 4. The monoisotopic (exact) mass is 416 g/mol. The van der Waals surface area contributed by atoms with Crippen LogP contribution in [0, 0.1) is 6.92 Å². The molecule has 2 N–H and O–H groups in total. The van der Waals surface area contributed by atoms with Gasteiger partial charge in [0.2, 0.25) is 5.91 Å². The highest BCUT2D eigenvalue weighted by Gasteiger charge is 2.15. The van der Waals surface area contributed by atoms with Gasteiger partial charge in [-0.25, -0.2) is 0 Å². The number of ether oxygens (including phenoxy) is 2. The van der Waals surface area contributed by atoms with Crippen LogP contribution in [0.4, 0.5) is 11.4 Å². The van der Waals surface area contributed by atoms with E-state index in [1.54, 1.807) is 42.5 Å². The lowest BCUT2D eigenvalue weighted by Crippen LogP contribution is -2.14. The highest BCUT2D eigenvalue weighted by molar-refractivity contribution is 6.06. The maximum absolute atomic E-state index is 12.5. The summed E-state index contributed by atoms with van der Waals surface area (Å²) < 4.78 is 10.8. The van der Waals surface area contributed by atoms with Crippen LogP contribution in [0.2, 0.25) is 0 Å². The summed E-state index contributed by atoms with van der Waals surface area (Å²) in [6, 6.07) is 19.9. The van der Waals surface area contributed by atoms with Gasteiger partial charge >= 0.3 is 0 Å². The first-order chi connectivity index (χ1) is 15.0. The fraction of sp³-hybridized carbons (Fsp3) is 0.120. The summed E-state index contributed by atoms with van der Waals surface area (Å²) >= 11 is 0. The van der Waals surface area contributed by atoms with Crippen molar-refractivity contribution in [3.8, 4) is 11.5 Å². The number of rotatable bonds is 7. The number of hydrogen-bond donors (Lipinski definition) is 2. The zero-order valence-corrected chi connectivity index (χ0v) is 17.6. The Bertz CT molecular complexity index is 1110. The molecule has 158 valence electrons.